The van der Waals surface area contributed by atoms with Gasteiger partial charge in [0.25, 0.3) is 10.2 Å². The van der Waals surface area contributed by atoms with Crippen LogP contribution in [0.3, 0.4) is 0 Å². The fraction of sp³-hybridized carbons (Fsp3) is 0.800. The van der Waals surface area contributed by atoms with E-state index in [1.165, 1.54) is 10.5 Å². The number of hydrogen-bond donors (Lipinski definition) is 1. The van der Waals surface area contributed by atoms with Crippen molar-refractivity contribution >= 4 is 21.9 Å². The molecule has 2 fully saturated rings. The molecule has 2 unspecified atom stereocenters. The van der Waals surface area contributed by atoms with Crippen LogP contribution < -0.4 is 39.2 Å². The third-order valence-electron chi connectivity index (χ3n) is 6.18. The Morgan fingerprint density at radius 2 is 1.84 bits per heavy atom. The predicted octanol–water partition coefficient (Wildman–Crippen LogP) is 0.606. The first-order valence-electron chi connectivity index (χ1n) is 10.9. The smallest absolute Gasteiger partial charge is 0.445 e. The van der Waals surface area contributed by atoms with Crippen LogP contribution in [-0.2, 0) is 14.9 Å². The molecule has 1 saturated heterocycles. The van der Waals surface area contributed by atoms with Gasteiger partial charge < -0.3 is 14.8 Å². The molecular weight excluding hydrogens is 429 g/mol. The fourth-order valence-corrected chi connectivity index (χ4v) is 5.76. The van der Waals surface area contributed by atoms with Gasteiger partial charge >= 0.3 is 29.6 Å². The van der Waals surface area contributed by atoms with E-state index in [2.05, 4.69) is 29.0 Å². The maximum Gasteiger partial charge on any atom is 1.00 e. The Labute approximate surface area is 208 Å². The maximum absolute atomic E-state index is 13.2. The summed E-state index contributed by atoms with van der Waals surface area (Å²) in [4.78, 5) is 12.6. The average Bonchev–Trinajstić information content (AvgIpc) is 3.15. The van der Waals surface area contributed by atoms with Crippen molar-refractivity contribution in [2.24, 2.45) is 11.8 Å². The van der Waals surface area contributed by atoms with Gasteiger partial charge in [0.2, 0.25) is 0 Å². The molecule has 170 valence electrons. The SMILES string of the molecule is CC1CCCC(C)C1NC(=O)[N-]S(=O)(=O)N(c1cnn(C(C)C)c1)C1CCOCC1.[Na+]. The Morgan fingerprint density at radius 1 is 1.23 bits per heavy atom. The van der Waals surface area contributed by atoms with Gasteiger partial charge in [-0.3, -0.25) is 13.8 Å². The minimum absolute atomic E-state index is 0. The summed E-state index contributed by atoms with van der Waals surface area (Å²) < 4.78 is 38.5. The number of carbonyl (C=O) groups excluding carboxylic acids is 1. The number of ether oxygens (including phenoxy) is 1. The molecule has 31 heavy (non-hydrogen) atoms. The molecule has 0 spiro atoms. The summed E-state index contributed by atoms with van der Waals surface area (Å²) in [7, 11) is -4.23. The number of hydrogen-bond acceptors (Lipinski definition) is 5. The predicted molar refractivity (Wildman–Crippen MR) is 116 cm³/mol. The summed E-state index contributed by atoms with van der Waals surface area (Å²) in [6.07, 6.45) is 7.46. The van der Waals surface area contributed by atoms with Gasteiger partial charge in [0.15, 0.2) is 6.03 Å². The van der Waals surface area contributed by atoms with E-state index in [1.54, 1.807) is 10.9 Å². The van der Waals surface area contributed by atoms with Crippen molar-refractivity contribution in [1.29, 1.82) is 0 Å². The van der Waals surface area contributed by atoms with Crippen molar-refractivity contribution in [1.82, 2.24) is 15.1 Å². The minimum Gasteiger partial charge on any atom is -0.445 e. The quantitative estimate of drug-likeness (QED) is 0.622. The molecule has 3 rings (SSSR count). The molecule has 0 aromatic carbocycles. The van der Waals surface area contributed by atoms with Crippen LogP contribution in [0, 0.1) is 11.8 Å². The molecule has 1 aromatic heterocycles. The Balaban J connectivity index is 0.00000341. The Kier molecular flexibility index (Phi) is 9.69. The third kappa shape index (κ3) is 6.60. The van der Waals surface area contributed by atoms with Crippen molar-refractivity contribution in [2.45, 2.75) is 77.9 Å². The molecule has 2 aliphatic rings. The van der Waals surface area contributed by atoms with Crippen LogP contribution in [0.15, 0.2) is 12.4 Å². The zero-order valence-corrected chi connectivity index (χ0v) is 22.1. The molecule has 11 heteroatoms. The molecule has 1 aliphatic carbocycles. The summed E-state index contributed by atoms with van der Waals surface area (Å²) in [6, 6.07) is -1.09. The normalized spacial score (nSPS) is 25.0. The molecule has 2 heterocycles. The number of nitrogens with one attached hydrogen (secondary N) is 1. The van der Waals surface area contributed by atoms with Crippen molar-refractivity contribution in [2.75, 3.05) is 17.5 Å². The molecule has 1 aromatic rings. The summed E-state index contributed by atoms with van der Waals surface area (Å²) in [5.74, 6) is 0.595. The number of nitrogens with zero attached hydrogens (tertiary/aromatic N) is 4. The van der Waals surface area contributed by atoms with Gasteiger partial charge in [-0.1, -0.05) is 33.1 Å². The first kappa shape index (κ1) is 26.4. The molecule has 2 amide bonds. The van der Waals surface area contributed by atoms with Gasteiger partial charge in [-0.15, -0.1) is 0 Å². The monoisotopic (exact) mass is 463 g/mol. The van der Waals surface area contributed by atoms with E-state index in [1.807, 2.05) is 13.8 Å². The maximum atomic E-state index is 13.2. The van der Waals surface area contributed by atoms with Gasteiger partial charge in [-0.25, -0.2) is 8.42 Å². The molecule has 9 nitrogen and oxygen atoms in total. The summed E-state index contributed by atoms with van der Waals surface area (Å²) in [5.41, 5.74) is 0.423. The topological polar surface area (TPSA) is 108 Å². The van der Waals surface area contributed by atoms with Crippen LogP contribution >= 0.6 is 0 Å². The van der Waals surface area contributed by atoms with Crippen LogP contribution in [0.25, 0.3) is 4.72 Å². The van der Waals surface area contributed by atoms with Crippen LogP contribution in [0.4, 0.5) is 10.5 Å². The van der Waals surface area contributed by atoms with Gasteiger partial charge in [0, 0.05) is 31.5 Å². The van der Waals surface area contributed by atoms with Crippen molar-refractivity contribution in [3.8, 4) is 0 Å². The van der Waals surface area contributed by atoms with E-state index >= 15 is 0 Å². The zero-order valence-electron chi connectivity index (χ0n) is 19.3. The molecule has 1 aliphatic heterocycles. The summed E-state index contributed by atoms with van der Waals surface area (Å²) >= 11 is 0. The number of rotatable bonds is 6. The van der Waals surface area contributed by atoms with Gasteiger partial charge in [-0.05, 0) is 44.6 Å². The Morgan fingerprint density at radius 3 is 2.39 bits per heavy atom. The zero-order chi connectivity index (χ0) is 21.9. The van der Waals surface area contributed by atoms with E-state index in [9.17, 15) is 13.2 Å². The van der Waals surface area contributed by atoms with Crippen molar-refractivity contribution < 1.29 is 47.5 Å². The van der Waals surface area contributed by atoms with E-state index in [0.29, 0.717) is 43.6 Å². The van der Waals surface area contributed by atoms with Crippen molar-refractivity contribution in [3.05, 3.63) is 17.1 Å². The third-order valence-corrected chi connectivity index (χ3v) is 7.58. The second-order valence-electron chi connectivity index (χ2n) is 8.84. The fourth-order valence-electron chi connectivity index (χ4n) is 4.46. The number of amides is 2. The summed E-state index contributed by atoms with van der Waals surface area (Å²) in [5, 5.41) is 7.12. The standard InChI is InChI=1S/C20H35N5O4S.Na/c1-14(2)24-13-18(12-21-24)25(17-8-10-29-11-9-17)30(27,28)23-20(26)22-19-15(3)6-5-7-16(19)4;/h12-17,19H,5-11H2,1-4H3,(H2,22,23,26);/q;+1/p-1. The molecule has 1 N–H and O–H groups in total. The molecule has 0 radical (unpaired) electrons. The first-order valence-corrected chi connectivity index (χ1v) is 12.3. The van der Waals surface area contributed by atoms with Crippen LogP contribution in [0.5, 0.6) is 0 Å². The van der Waals surface area contributed by atoms with E-state index in [-0.39, 0.29) is 47.7 Å². The Bertz CT molecular complexity index is 815. The molecular formula is C20H34N5NaO4S. The number of anilines is 1. The largest absolute Gasteiger partial charge is 1.00 e. The van der Waals surface area contributed by atoms with Crippen LogP contribution in [0.1, 0.15) is 65.8 Å². The Hall–Kier alpha value is -0.810. The minimum atomic E-state index is -4.23. The molecule has 0 bridgehead atoms. The second-order valence-corrected chi connectivity index (χ2v) is 10.3. The average molecular weight is 464 g/mol. The van der Waals surface area contributed by atoms with E-state index < -0.39 is 16.2 Å². The van der Waals surface area contributed by atoms with Crippen LogP contribution in [-0.4, -0.2) is 49.5 Å². The van der Waals surface area contributed by atoms with Gasteiger partial charge in [-0.2, -0.15) is 5.10 Å². The first-order chi connectivity index (χ1) is 14.2. The number of aromatic nitrogens is 2. The molecule has 1 saturated carbocycles. The molecule has 2 atom stereocenters. The van der Waals surface area contributed by atoms with E-state index in [4.69, 9.17) is 4.74 Å². The second kappa shape index (κ2) is 11.4. The number of carbonyl (C=O) groups is 1. The number of urea groups is 1. The van der Waals surface area contributed by atoms with Gasteiger partial charge in [0.1, 0.15) is 0 Å². The van der Waals surface area contributed by atoms with E-state index in [0.717, 1.165) is 19.3 Å². The summed E-state index contributed by atoms with van der Waals surface area (Å²) in [6.45, 7) is 9.05. The van der Waals surface area contributed by atoms with Gasteiger partial charge in [0.05, 0.1) is 11.9 Å². The van der Waals surface area contributed by atoms with Crippen molar-refractivity contribution in [3.63, 3.8) is 0 Å². The van der Waals surface area contributed by atoms with Crippen LogP contribution in [0.2, 0.25) is 0 Å².